The van der Waals surface area contributed by atoms with Gasteiger partial charge in [0.15, 0.2) is 11.0 Å². The molecular weight excluding hydrogens is 431 g/mol. The summed E-state index contributed by atoms with van der Waals surface area (Å²) in [6, 6.07) is 11.3. The summed E-state index contributed by atoms with van der Waals surface area (Å²) in [6.07, 6.45) is -1.70. The normalized spacial score (nSPS) is 14.2. The van der Waals surface area contributed by atoms with Crippen molar-refractivity contribution in [1.29, 1.82) is 5.26 Å². The van der Waals surface area contributed by atoms with Crippen molar-refractivity contribution in [3.63, 3.8) is 0 Å². The van der Waals surface area contributed by atoms with Crippen LogP contribution in [-0.2, 0) is 17.2 Å². The molecule has 0 aliphatic carbocycles. The van der Waals surface area contributed by atoms with E-state index in [9.17, 15) is 22.6 Å². The van der Waals surface area contributed by atoms with Gasteiger partial charge >= 0.3 is 6.18 Å². The van der Waals surface area contributed by atoms with Gasteiger partial charge in [0.2, 0.25) is 0 Å². The molecule has 0 fully saturated rings. The zero-order valence-corrected chi connectivity index (χ0v) is 16.6. The van der Waals surface area contributed by atoms with Gasteiger partial charge in [0, 0.05) is 12.3 Å². The van der Waals surface area contributed by atoms with Gasteiger partial charge in [-0.3, -0.25) is 4.72 Å². The van der Waals surface area contributed by atoms with Crippen molar-refractivity contribution >= 4 is 28.2 Å². The van der Waals surface area contributed by atoms with Crippen molar-refractivity contribution in [2.45, 2.75) is 11.1 Å². The molecule has 31 heavy (non-hydrogen) atoms. The number of nitrogens with one attached hydrogen (secondary N) is 1. The van der Waals surface area contributed by atoms with Gasteiger partial charge in [-0.1, -0.05) is 0 Å². The molecule has 1 aliphatic rings. The molecule has 1 atom stereocenters. The fraction of sp³-hybridized carbons (Fsp3) is 0.150. The van der Waals surface area contributed by atoms with Crippen LogP contribution in [0.2, 0.25) is 0 Å². The second kappa shape index (κ2) is 8.23. The van der Waals surface area contributed by atoms with Crippen molar-refractivity contribution in [3.8, 4) is 11.8 Å². The molecule has 4 rings (SSSR count). The van der Waals surface area contributed by atoms with E-state index in [0.717, 1.165) is 12.1 Å². The predicted molar refractivity (Wildman–Crippen MR) is 107 cm³/mol. The molecule has 0 saturated heterocycles. The highest BCUT2D eigenvalue weighted by Gasteiger charge is 2.32. The standard InChI is InChI=1S/C20H14F3N5O2S/c21-20(22,23)14-1-3-16(13(9-14)11-24)28-7-8-30-18-10-15(2-4-17(18)28)31(29)27-19-5-6-25-12-26-19/h1-6,9-10,12H,7-8H2,(H,25,26,27). The summed E-state index contributed by atoms with van der Waals surface area (Å²) in [6.45, 7) is 0.586. The summed E-state index contributed by atoms with van der Waals surface area (Å²) in [5, 5.41) is 9.41. The van der Waals surface area contributed by atoms with Crippen molar-refractivity contribution < 1.29 is 22.1 Å². The van der Waals surface area contributed by atoms with Crippen LogP contribution < -0.4 is 14.4 Å². The van der Waals surface area contributed by atoms with Crippen LogP contribution in [0, 0.1) is 11.3 Å². The van der Waals surface area contributed by atoms with Gasteiger partial charge < -0.3 is 9.64 Å². The van der Waals surface area contributed by atoms with Crippen molar-refractivity contribution in [3.05, 3.63) is 66.1 Å². The molecule has 7 nitrogen and oxygen atoms in total. The van der Waals surface area contributed by atoms with Crippen molar-refractivity contribution in [2.75, 3.05) is 22.8 Å². The summed E-state index contributed by atoms with van der Waals surface area (Å²) in [5.41, 5.74) is -0.0816. The first-order valence-corrected chi connectivity index (χ1v) is 10.1. The Morgan fingerprint density at radius 1 is 1.16 bits per heavy atom. The number of alkyl halides is 3. The number of nitriles is 1. The number of anilines is 3. The van der Waals surface area contributed by atoms with E-state index in [2.05, 4.69) is 14.7 Å². The summed E-state index contributed by atoms with van der Waals surface area (Å²) in [7, 11) is -1.62. The second-order valence-electron chi connectivity index (χ2n) is 6.44. The third-order valence-corrected chi connectivity index (χ3v) is 5.60. The minimum atomic E-state index is -4.54. The smallest absolute Gasteiger partial charge is 0.416 e. The van der Waals surface area contributed by atoms with Gasteiger partial charge in [-0.25, -0.2) is 14.2 Å². The number of hydrogen-bond acceptors (Lipinski definition) is 6. The lowest BCUT2D eigenvalue weighted by Crippen LogP contribution is -2.29. The summed E-state index contributed by atoms with van der Waals surface area (Å²) >= 11 is 0. The molecule has 0 bridgehead atoms. The predicted octanol–water partition coefficient (Wildman–Crippen LogP) is 4.03. The van der Waals surface area contributed by atoms with E-state index in [1.165, 1.54) is 18.6 Å². The van der Waals surface area contributed by atoms with Crippen LogP contribution in [0.4, 0.5) is 30.4 Å². The first kappa shape index (κ1) is 20.6. The van der Waals surface area contributed by atoms with E-state index >= 15 is 0 Å². The van der Waals surface area contributed by atoms with E-state index in [4.69, 9.17) is 4.74 Å². The Morgan fingerprint density at radius 2 is 1.97 bits per heavy atom. The second-order valence-corrected chi connectivity index (χ2v) is 7.65. The maximum Gasteiger partial charge on any atom is 0.416 e. The van der Waals surface area contributed by atoms with E-state index in [-0.39, 0.29) is 12.2 Å². The number of nitrogens with zero attached hydrogens (tertiary/aromatic N) is 4. The molecule has 3 aromatic rings. The molecule has 1 aliphatic heterocycles. The lowest BCUT2D eigenvalue weighted by atomic mass is 10.1. The number of halogens is 3. The number of benzene rings is 2. The minimum absolute atomic E-state index is 0.0965. The van der Waals surface area contributed by atoms with Crippen LogP contribution in [0.1, 0.15) is 11.1 Å². The molecule has 1 aromatic heterocycles. The SMILES string of the molecule is N#Cc1cc(C(F)(F)F)ccc1N1CCOc2cc(S(=O)Nc3ccncn3)ccc21. The Morgan fingerprint density at radius 3 is 2.68 bits per heavy atom. The van der Waals surface area contributed by atoms with Crippen molar-refractivity contribution in [1.82, 2.24) is 9.97 Å². The number of hydrogen-bond donors (Lipinski definition) is 1. The Hall–Kier alpha value is -3.65. The van der Waals surface area contributed by atoms with Gasteiger partial charge in [-0.15, -0.1) is 0 Å². The highest BCUT2D eigenvalue weighted by atomic mass is 32.2. The number of fused-ring (bicyclic) bond motifs is 1. The Labute approximate surface area is 177 Å². The molecule has 0 spiro atoms. The van der Waals surface area contributed by atoms with Crippen LogP contribution in [0.3, 0.4) is 0 Å². The summed E-state index contributed by atoms with van der Waals surface area (Å²) in [4.78, 5) is 9.89. The van der Waals surface area contributed by atoms with E-state index in [1.807, 2.05) is 6.07 Å². The lowest BCUT2D eigenvalue weighted by molar-refractivity contribution is -0.137. The summed E-state index contributed by atoms with van der Waals surface area (Å²) in [5.74, 6) is 0.794. The zero-order valence-electron chi connectivity index (χ0n) is 15.8. The topological polar surface area (TPSA) is 91.1 Å². The molecular formula is C20H14F3N5O2S. The van der Waals surface area contributed by atoms with Gasteiger partial charge in [0.25, 0.3) is 0 Å². The largest absolute Gasteiger partial charge is 0.489 e. The quantitative estimate of drug-likeness (QED) is 0.652. The molecule has 11 heteroatoms. The molecule has 0 amide bonds. The van der Waals surface area contributed by atoms with Crippen LogP contribution in [0.15, 0.2) is 59.9 Å². The Balaban J connectivity index is 1.65. The van der Waals surface area contributed by atoms with Crippen LogP contribution in [-0.4, -0.2) is 27.3 Å². The highest BCUT2D eigenvalue weighted by Crippen LogP contribution is 2.40. The van der Waals surface area contributed by atoms with Crippen LogP contribution in [0.25, 0.3) is 0 Å². The Bertz CT molecular complexity index is 1180. The molecule has 158 valence electrons. The van der Waals surface area contributed by atoms with Gasteiger partial charge in [-0.05, 0) is 36.4 Å². The molecule has 2 heterocycles. The number of rotatable bonds is 4. The fourth-order valence-corrected chi connectivity index (χ4v) is 3.94. The van der Waals surface area contributed by atoms with Gasteiger partial charge in [-0.2, -0.15) is 18.4 Å². The average molecular weight is 445 g/mol. The first-order valence-electron chi connectivity index (χ1n) is 8.97. The van der Waals surface area contributed by atoms with Gasteiger partial charge in [0.1, 0.15) is 30.6 Å². The molecule has 1 unspecified atom stereocenters. The monoisotopic (exact) mass is 445 g/mol. The van der Waals surface area contributed by atoms with Crippen molar-refractivity contribution in [2.24, 2.45) is 0 Å². The maximum absolute atomic E-state index is 13.0. The average Bonchev–Trinajstić information content (AvgIpc) is 2.78. The number of aromatic nitrogens is 2. The molecule has 2 aromatic carbocycles. The van der Waals surface area contributed by atoms with E-state index in [0.29, 0.717) is 34.4 Å². The van der Waals surface area contributed by atoms with Gasteiger partial charge in [0.05, 0.1) is 33.9 Å². The van der Waals surface area contributed by atoms with Crippen LogP contribution >= 0.6 is 0 Å². The molecule has 0 saturated carbocycles. The first-order chi connectivity index (χ1) is 14.9. The minimum Gasteiger partial charge on any atom is -0.489 e. The lowest BCUT2D eigenvalue weighted by Gasteiger charge is -2.32. The molecule has 1 N–H and O–H groups in total. The zero-order chi connectivity index (χ0) is 22.0. The highest BCUT2D eigenvalue weighted by molar-refractivity contribution is 7.86. The maximum atomic E-state index is 13.0. The van der Waals surface area contributed by atoms with E-state index < -0.39 is 22.7 Å². The van der Waals surface area contributed by atoms with Crippen LogP contribution in [0.5, 0.6) is 5.75 Å². The third-order valence-electron chi connectivity index (χ3n) is 4.52. The third kappa shape index (κ3) is 4.29. The fourth-order valence-electron chi connectivity index (χ4n) is 3.11. The summed E-state index contributed by atoms with van der Waals surface area (Å²) < 4.78 is 60.1. The van der Waals surface area contributed by atoms with E-state index in [1.54, 1.807) is 29.2 Å². The number of ether oxygens (including phenoxy) is 1. The Kier molecular flexibility index (Phi) is 5.48. The molecule has 0 radical (unpaired) electrons.